The van der Waals surface area contributed by atoms with Crippen molar-refractivity contribution in [2.24, 2.45) is 5.10 Å². The van der Waals surface area contributed by atoms with E-state index in [9.17, 15) is 4.79 Å². The van der Waals surface area contributed by atoms with Gasteiger partial charge in [-0.15, -0.1) is 0 Å². The van der Waals surface area contributed by atoms with Gasteiger partial charge >= 0.3 is 0 Å². The zero-order valence-corrected chi connectivity index (χ0v) is 14.0. The molecule has 0 unspecified atom stereocenters. The maximum atomic E-state index is 12.1. The minimum atomic E-state index is -0.312. The second-order valence-corrected chi connectivity index (χ2v) is 5.79. The van der Waals surface area contributed by atoms with Gasteiger partial charge in [-0.3, -0.25) is 4.79 Å². The van der Waals surface area contributed by atoms with Crippen molar-refractivity contribution < 1.29 is 4.79 Å². The van der Waals surface area contributed by atoms with Crippen molar-refractivity contribution >= 4 is 35.3 Å². The summed E-state index contributed by atoms with van der Waals surface area (Å²) in [6.07, 6.45) is 5.30. The minimum absolute atomic E-state index is 0.312. The van der Waals surface area contributed by atoms with Gasteiger partial charge in [-0.25, -0.2) is 5.43 Å². The molecular formula is C18H13Cl2N3O. The maximum Gasteiger partial charge on any atom is 0.271 e. The molecule has 0 aliphatic carbocycles. The quantitative estimate of drug-likeness (QED) is 0.540. The maximum absolute atomic E-state index is 12.1. The molecule has 24 heavy (non-hydrogen) atoms. The number of hydrogen-bond donors (Lipinski definition) is 1. The van der Waals surface area contributed by atoms with Gasteiger partial charge in [0.2, 0.25) is 0 Å². The normalized spacial score (nSPS) is 10.9. The zero-order chi connectivity index (χ0) is 16.9. The van der Waals surface area contributed by atoms with Crippen LogP contribution in [0.15, 0.2) is 72.1 Å². The van der Waals surface area contributed by atoms with Crippen molar-refractivity contribution in [2.75, 3.05) is 0 Å². The molecule has 1 N–H and O–H groups in total. The van der Waals surface area contributed by atoms with Crippen LogP contribution in [0.4, 0.5) is 0 Å². The first kappa shape index (κ1) is 16.3. The van der Waals surface area contributed by atoms with E-state index in [2.05, 4.69) is 10.5 Å². The van der Waals surface area contributed by atoms with Crippen LogP contribution < -0.4 is 5.43 Å². The van der Waals surface area contributed by atoms with Crippen molar-refractivity contribution in [3.05, 3.63) is 88.2 Å². The number of hydrogen-bond acceptors (Lipinski definition) is 2. The predicted molar refractivity (Wildman–Crippen MR) is 97.3 cm³/mol. The highest BCUT2D eigenvalue weighted by Gasteiger charge is 2.05. The molecule has 0 saturated carbocycles. The molecule has 3 aromatic rings. The van der Waals surface area contributed by atoms with E-state index in [4.69, 9.17) is 23.2 Å². The van der Waals surface area contributed by atoms with E-state index in [1.54, 1.807) is 30.3 Å². The van der Waals surface area contributed by atoms with Gasteiger partial charge in [0.15, 0.2) is 0 Å². The highest BCUT2D eigenvalue weighted by molar-refractivity contribution is 6.38. The van der Waals surface area contributed by atoms with Gasteiger partial charge in [-0.2, -0.15) is 5.10 Å². The van der Waals surface area contributed by atoms with Crippen LogP contribution in [0.25, 0.3) is 5.69 Å². The third-order valence-corrected chi connectivity index (χ3v) is 4.05. The Labute approximate surface area is 149 Å². The molecule has 0 bridgehead atoms. The third kappa shape index (κ3) is 3.67. The van der Waals surface area contributed by atoms with Gasteiger partial charge in [0.1, 0.15) is 0 Å². The Morgan fingerprint density at radius 3 is 2.21 bits per heavy atom. The number of aromatic nitrogens is 1. The van der Waals surface area contributed by atoms with Crippen molar-refractivity contribution in [3.63, 3.8) is 0 Å². The van der Waals surface area contributed by atoms with Crippen molar-refractivity contribution in [1.29, 1.82) is 0 Å². The van der Waals surface area contributed by atoms with E-state index in [1.807, 2.05) is 41.2 Å². The summed E-state index contributed by atoms with van der Waals surface area (Å²) in [5, 5.41) is 4.85. The van der Waals surface area contributed by atoms with Crippen molar-refractivity contribution in [2.45, 2.75) is 0 Å². The van der Waals surface area contributed by atoms with Crippen LogP contribution in [0.3, 0.4) is 0 Å². The van der Waals surface area contributed by atoms with Crippen molar-refractivity contribution in [3.8, 4) is 5.69 Å². The van der Waals surface area contributed by atoms with E-state index in [-0.39, 0.29) is 5.91 Å². The lowest BCUT2D eigenvalue weighted by Gasteiger charge is -2.05. The van der Waals surface area contributed by atoms with E-state index in [1.165, 1.54) is 6.21 Å². The Morgan fingerprint density at radius 2 is 1.58 bits per heavy atom. The second-order valence-electron chi connectivity index (χ2n) is 4.97. The highest BCUT2D eigenvalue weighted by atomic mass is 35.5. The lowest BCUT2D eigenvalue weighted by Crippen LogP contribution is -2.17. The Hall–Kier alpha value is -2.56. The summed E-state index contributed by atoms with van der Waals surface area (Å²) in [6.45, 7) is 0. The Morgan fingerprint density at radius 1 is 0.958 bits per heavy atom. The number of nitrogens with zero attached hydrogens (tertiary/aromatic N) is 2. The van der Waals surface area contributed by atoms with Crippen molar-refractivity contribution in [1.82, 2.24) is 9.99 Å². The SMILES string of the molecule is O=C(N/N=C/c1c(Cl)cccc1Cl)c1ccc(-n2cccc2)cc1. The smallest absolute Gasteiger partial charge is 0.271 e. The van der Waals surface area contributed by atoms with Crippen LogP contribution in [0.5, 0.6) is 0 Å². The number of halogens is 2. The summed E-state index contributed by atoms with van der Waals surface area (Å²) in [4.78, 5) is 12.1. The van der Waals surface area contributed by atoms with Crippen LogP contribution in [0.2, 0.25) is 10.0 Å². The summed E-state index contributed by atoms with van der Waals surface area (Å²) in [7, 11) is 0. The van der Waals surface area contributed by atoms with Gasteiger partial charge in [0, 0.05) is 29.2 Å². The van der Waals surface area contributed by atoms with E-state index in [0.29, 0.717) is 21.2 Å². The number of carbonyl (C=O) groups excluding carboxylic acids is 1. The van der Waals surface area contributed by atoms with Gasteiger partial charge in [-0.1, -0.05) is 29.3 Å². The van der Waals surface area contributed by atoms with E-state index in [0.717, 1.165) is 5.69 Å². The number of nitrogens with one attached hydrogen (secondary N) is 1. The molecule has 2 aromatic carbocycles. The molecule has 0 saturated heterocycles. The van der Waals surface area contributed by atoms with Gasteiger partial charge in [0.05, 0.1) is 16.3 Å². The molecule has 6 heteroatoms. The minimum Gasteiger partial charge on any atom is -0.324 e. The lowest BCUT2D eigenvalue weighted by molar-refractivity contribution is 0.0955. The first-order valence-corrected chi connectivity index (χ1v) is 7.91. The van der Waals surface area contributed by atoms with Gasteiger partial charge in [-0.05, 0) is 48.5 Å². The largest absolute Gasteiger partial charge is 0.324 e. The van der Waals surface area contributed by atoms with Crippen LogP contribution in [0.1, 0.15) is 15.9 Å². The van der Waals surface area contributed by atoms with Gasteiger partial charge < -0.3 is 4.57 Å². The van der Waals surface area contributed by atoms with Crippen LogP contribution in [0, 0.1) is 0 Å². The standard InChI is InChI=1S/C18H13Cl2N3O/c19-16-4-3-5-17(20)15(16)12-21-22-18(24)13-6-8-14(9-7-13)23-10-1-2-11-23/h1-12H,(H,22,24)/b21-12+. The monoisotopic (exact) mass is 357 g/mol. The molecule has 1 heterocycles. The molecule has 0 radical (unpaired) electrons. The Balaban J connectivity index is 1.68. The molecule has 1 amide bonds. The summed E-state index contributed by atoms with van der Waals surface area (Å²) >= 11 is 12.1. The fourth-order valence-corrected chi connectivity index (χ4v) is 2.64. The summed E-state index contributed by atoms with van der Waals surface area (Å²) in [5.74, 6) is -0.312. The average Bonchev–Trinajstić information content (AvgIpc) is 3.12. The molecule has 3 rings (SSSR count). The fourth-order valence-electron chi connectivity index (χ4n) is 2.15. The molecule has 0 atom stereocenters. The molecule has 120 valence electrons. The number of amides is 1. The molecule has 0 aliphatic rings. The predicted octanol–water partition coefficient (Wildman–Crippen LogP) is 4.55. The number of benzene rings is 2. The Kier molecular flexibility index (Phi) is 4.99. The van der Waals surface area contributed by atoms with Crippen LogP contribution in [-0.4, -0.2) is 16.7 Å². The zero-order valence-electron chi connectivity index (χ0n) is 12.5. The third-order valence-electron chi connectivity index (χ3n) is 3.39. The topological polar surface area (TPSA) is 46.4 Å². The second kappa shape index (κ2) is 7.34. The van der Waals surface area contributed by atoms with Crippen LogP contribution in [-0.2, 0) is 0 Å². The lowest BCUT2D eigenvalue weighted by atomic mass is 10.2. The van der Waals surface area contributed by atoms with E-state index < -0.39 is 0 Å². The summed E-state index contributed by atoms with van der Waals surface area (Å²) < 4.78 is 1.96. The number of hydrazone groups is 1. The van der Waals surface area contributed by atoms with Crippen LogP contribution >= 0.6 is 23.2 Å². The number of rotatable bonds is 4. The molecule has 0 aliphatic heterocycles. The fraction of sp³-hybridized carbons (Fsp3) is 0. The molecule has 0 fully saturated rings. The first-order chi connectivity index (χ1) is 11.6. The summed E-state index contributed by atoms with van der Waals surface area (Å²) in [5.41, 5.74) is 4.50. The molecule has 4 nitrogen and oxygen atoms in total. The average molecular weight is 358 g/mol. The number of carbonyl (C=O) groups is 1. The summed E-state index contributed by atoms with van der Waals surface area (Å²) in [6, 6.07) is 16.2. The van der Waals surface area contributed by atoms with Gasteiger partial charge in [0.25, 0.3) is 5.91 Å². The highest BCUT2D eigenvalue weighted by Crippen LogP contribution is 2.22. The molecule has 1 aromatic heterocycles. The van der Waals surface area contributed by atoms with E-state index >= 15 is 0 Å². The Bertz CT molecular complexity index is 852. The first-order valence-electron chi connectivity index (χ1n) is 7.16. The molecular weight excluding hydrogens is 345 g/mol. The molecule has 0 spiro atoms.